The highest BCUT2D eigenvalue weighted by molar-refractivity contribution is 5.92. The summed E-state index contributed by atoms with van der Waals surface area (Å²) in [6, 6.07) is 19.5. The van der Waals surface area contributed by atoms with Crippen LogP contribution in [-0.4, -0.2) is 24.0 Å². The average Bonchev–Trinajstić information content (AvgIpc) is 2.73. The number of rotatable bonds is 6. The van der Waals surface area contributed by atoms with Gasteiger partial charge in [0, 0.05) is 31.5 Å². The number of pyridine rings is 1. The van der Waals surface area contributed by atoms with E-state index in [4.69, 9.17) is 4.74 Å². The van der Waals surface area contributed by atoms with Crippen LogP contribution in [0.3, 0.4) is 0 Å². The van der Waals surface area contributed by atoms with Crippen molar-refractivity contribution in [2.24, 2.45) is 0 Å². The van der Waals surface area contributed by atoms with Crippen LogP contribution in [0, 0.1) is 0 Å². The third-order valence-electron chi connectivity index (χ3n) is 3.83. The van der Waals surface area contributed by atoms with Gasteiger partial charge in [-0.25, -0.2) is 4.79 Å². The molecule has 3 amide bonds. The second kappa shape index (κ2) is 9.18. The maximum absolute atomic E-state index is 11.9. The number of ether oxygens (including phenoxy) is 1. The largest absolute Gasteiger partial charge is 0.457 e. The number of carbonyl (C=O) groups is 2. The van der Waals surface area contributed by atoms with Crippen LogP contribution in [0.4, 0.5) is 10.5 Å². The summed E-state index contributed by atoms with van der Waals surface area (Å²) in [5, 5.41) is 8.08. The van der Waals surface area contributed by atoms with Crippen LogP contribution in [0.2, 0.25) is 0 Å². The summed E-state index contributed by atoms with van der Waals surface area (Å²) in [5.74, 6) is 0.855. The van der Waals surface area contributed by atoms with Gasteiger partial charge in [-0.2, -0.15) is 0 Å². The average molecular weight is 376 g/mol. The standard InChI is InChI=1S/C21H20N4O3/c1-22-20(26)19-13-18(11-12-23-19)28-17-9-7-15(8-10-17)14-24-21(27)25-16-5-3-2-4-6-16/h2-13H,14H2,1H3,(H,22,26)(H2,24,25,27). The minimum atomic E-state index is -0.277. The van der Waals surface area contributed by atoms with E-state index in [1.54, 1.807) is 31.3 Å². The van der Waals surface area contributed by atoms with Crippen LogP contribution in [0.25, 0.3) is 0 Å². The number of aromatic nitrogens is 1. The van der Waals surface area contributed by atoms with E-state index < -0.39 is 0 Å². The van der Waals surface area contributed by atoms with Crippen molar-refractivity contribution in [2.45, 2.75) is 6.54 Å². The summed E-state index contributed by atoms with van der Waals surface area (Å²) < 4.78 is 5.75. The molecule has 1 heterocycles. The molecule has 7 heteroatoms. The Kier molecular flexibility index (Phi) is 6.20. The van der Waals surface area contributed by atoms with E-state index in [2.05, 4.69) is 20.9 Å². The molecule has 0 saturated heterocycles. The number of amides is 3. The molecule has 0 unspecified atom stereocenters. The molecule has 0 aliphatic heterocycles. The van der Waals surface area contributed by atoms with Gasteiger partial charge in [0.2, 0.25) is 0 Å². The quantitative estimate of drug-likeness (QED) is 0.613. The molecule has 3 rings (SSSR count). The molecule has 3 aromatic rings. The van der Waals surface area contributed by atoms with Crippen LogP contribution >= 0.6 is 0 Å². The van der Waals surface area contributed by atoms with Gasteiger partial charge in [0.25, 0.3) is 5.91 Å². The first-order chi connectivity index (χ1) is 13.6. The molecule has 0 aliphatic carbocycles. The smallest absolute Gasteiger partial charge is 0.319 e. The molecule has 3 N–H and O–H groups in total. The fraction of sp³-hybridized carbons (Fsp3) is 0.0952. The molecule has 0 bridgehead atoms. The Hall–Kier alpha value is -3.87. The first kappa shape index (κ1) is 18.9. The number of anilines is 1. The predicted molar refractivity (Wildman–Crippen MR) is 106 cm³/mol. The van der Waals surface area contributed by atoms with Gasteiger partial charge in [-0.3, -0.25) is 9.78 Å². The fourth-order valence-electron chi connectivity index (χ4n) is 2.42. The fourth-order valence-corrected chi connectivity index (χ4v) is 2.42. The lowest BCUT2D eigenvalue weighted by Crippen LogP contribution is -2.28. The molecule has 0 fully saturated rings. The highest BCUT2D eigenvalue weighted by Gasteiger charge is 2.07. The Morgan fingerprint density at radius 3 is 2.43 bits per heavy atom. The Morgan fingerprint density at radius 2 is 1.71 bits per heavy atom. The van der Waals surface area contributed by atoms with Gasteiger partial charge in [-0.1, -0.05) is 30.3 Å². The van der Waals surface area contributed by atoms with Crippen molar-refractivity contribution < 1.29 is 14.3 Å². The highest BCUT2D eigenvalue weighted by atomic mass is 16.5. The summed E-state index contributed by atoms with van der Waals surface area (Å²) >= 11 is 0. The van der Waals surface area contributed by atoms with Crippen molar-refractivity contribution in [1.82, 2.24) is 15.6 Å². The number of urea groups is 1. The first-order valence-electron chi connectivity index (χ1n) is 8.69. The van der Waals surface area contributed by atoms with Gasteiger partial charge in [0.05, 0.1) is 0 Å². The summed E-state index contributed by atoms with van der Waals surface area (Å²) in [5.41, 5.74) is 1.94. The highest BCUT2D eigenvalue weighted by Crippen LogP contribution is 2.22. The van der Waals surface area contributed by atoms with Gasteiger partial charge in [-0.15, -0.1) is 0 Å². The third kappa shape index (κ3) is 5.31. The van der Waals surface area contributed by atoms with E-state index >= 15 is 0 Å². The van der Waals surface area contributed by atoms with Crippen molar-refractivity contribution in [3.05, 3.63) is 84.2 Å². The Bertz CT molecular complexity index is 943. The minimum Gasteiger partial charge on any atom is -0.457 e. The molecule has 28 heavy (non-hydrogen) atoms. The molecule has 0 atom stereocenters. The Balaban J connectivity index is 1.53. The molecule has 142 valence electrons. The number of hydrogen-bond donors (Lipinski definition) is 3. The lowest BCUT2D eigenvalue weighted by atomic mass is 10.2. The van der Waals surface area contributed by atoms with E-state index in [1.807, 2.05) is 42.5 Å². The maximum atomic E-state index is 11.9. The van der Waals surface area contributed by atoms with Crippen molar-refractivity contribution in [3.63, 3.8) is 0 Å². The lowest BCUT2D eigenvalue weighted by Gasteiger charge is -2.09. The SMILES string of the molecule is CNC(=O)c1cc(Oc2ccc(CNC(=O)Nc3ccccc3)cc2)ccn1. The molecular formula is C21H20N4O3. The zero-order valence-corrected chi connectivity index (χ0v) is 15.3. The lowest BCUT2D eigenvalue weighted by molar-refractivity contribution is 0.0958. The monoisotopic (exact) mass is 376 g/mol. The molecule has 0 saturated carbocycles. The van der Waals surface area contributed by atoms with Gasteiger partial charge >= 0.3 is 6.03 Å². The number of para-hydroxylation sites is 1. The number of hydrogen-bond acceptors (Lipinski definition) is 4. The molecule has 7 nitrogen and oxygen atoms in total. The normalized spacial score (nSPS) is 10.0. The van der Waals surface area contributed by atoms with Crippen molar-refractivity contribution in [2.75, 3.05) is 12.4 Å². The number of nitrogens with zero attached hydrogens (tertiary/aromatic N) is 1. The molecule has 0 spiro atoms. The maximum Gasteiger partial charge on any atom is 0.319 e. The summed E-state index contributed by atoms with van der Waals surface area (Å²) in [6.07, 6.45) is 1.52. The summed E-state index contributed by atoms with van der Waals surface area (Å²) in [7, 11) is 1.55. The molecule has 0 radical (unpaired) electrons. The van der Waals surface area contributed by atoms with Crippen LogP contribution in [0.1, 0.15) is 16.1 Å². The predicted octanol–water partition coefficient (Wildman–Crippen LogP) is 3.56. The third-order valence-corrected chi connectivity index (χ3v) is 3.83. The molecular weight excluding hydrogens is 356 g/mol. The number of carbonyl (C=O) groups excluding carboxylic acids is 2. The van der Waals surface area contributed by atoms with E-state index in [-0.39, 0.29) is 17.6 Å². The molecule has 0 aliphatic rings. The summed E-state index contributed by atoms with van der Waals surface area (Å²) in [4.78, 5) is 27.6. The van der Waals surface area contributed by atoms with Gasteiger partial charge in [0.1, 0.15) is 17.2 Å². The Morgan fingerprint density at radius 1 is 0.964 bits per heavy atom. The minimum absolute atomic E-state index is 0.273. The topological polar surface area (TPSA) is 92.4 Å². The van der Waals surface area contributed by atoms with Gasteiger partial charge in [-0.05, 0) is 35.9 Å². The van der Waals surface area contributed by atoms with E-state index in [9.17, 15) is 9.59 Å². The van der Waals surface area contributed by atoms with Crippen LogP contribution in [0.15, 0.2) is 72.9 Å². The first-order valence-corrected chi connectivity index (χ1v) is 8.69. The molecule has 2 aromatic carbocycles. The second-order valence-corrected chi connectivity index (χ2v) is 5.88. The van der Waals surface area contributed by atoms with Crippen LogP contribution in [0.5, 0.6) is 11.5 Å². The van der Waals surface area contributed by atoms with Gasteiger partial charge < -0.3 is 20.7 Å². The van der Waals surface area contributed by atoms with Crippen LogP contribution in [-0.2, 0) is 6.54 Å². The molecule has 1 aromatic heterocycles. The Labute approximate surface area is 162 Å². The van der Waals surface area contributed by atoms with Crippen molar-refractivity contribution in [1.29, 1.82) is 0 Å². The van der Waals surface area contributed by atoms with E-state index in [0.717, 1.165) is 11.3 Å². The van der Waals surface area contributed by atoms with Gasteiger partial charge in [0.15, 0.2) is 0 Å². The van der Waals surface area contributed by atoms with E-state index in [0.29, 0.717) is 18.0 Å². The summed E-state index contributed by atoms with van der Waals surface area (Å²) in [6.45, 7) is 0.384. The number of benzene rings is 2. The van der Waals surface area contributed by atoms with E-state index in [1.165, 1.54) is 6.20 Å². The number of nitrogens with one attached hydrogen (secondary N) is 3. The zero-order chi connectivity index (χ0) is 19.8. The van der Waals surface area contributed by atoms with Crippen molar-refractivity contribution in [3.8, 4) is 11.5 Å². The zero-order valence-electron chi connectivity index (χ0n) is 15.3. The second-order valence-electron chi connectivity index (χ2n) is 5.88. The van der Waals surface area contributed by atoms with Crippen molar-refractivity contribution >= 4 is 17.6 Å². The van der Waals surface area contributed by atoms with Crippen LogP contribution < -0.4 is 20.7 Å².